The van der Waals surface area contributed by atoms with Crippen molar-refractivity contribution in [1.29, 1.82) is 0 Å². The summed E-state index contributed by atoms with van der Waals surface area (Å²) in [6.07, 6.45) is 6.38. The third-order valence-electron chi connectivity index (χ3n) is 4.72. The Kier molecular flexibility index (Phi) is 4.10. The summed E-state index contributed by atoms with van der Waals surface area (Å²) in [5.41, 5.74) is 5.14. The van der Waals surface area contributed by atoms with E-state index in [1.54, 1.807) is 6.08 Å². The normalized spacial score (nSPS) is 43.0. The Balaban J connectivity index is 2.03. The van der Waals surface area contributed by atoms with Gasteiger partial charge in [0.15, 0.2) is 5.17 Å². The van der Waals surface area contributed by atoms with Crippen LogP contribution < -0.4 is 5.73 Å². The monoisotopic (exact) mass is 314 g/mol. The molecule has 1 unspecified atom stereocenters. The Morgan fingerprint density at radius 3 is 3.10 bits per heavy atom. The van der Waals surface area contributed by atoms with Gasteiger partial charge in [0.05, 0.1) is 12.7 Å². The van der Waals surface area contributed by atoms with E-state index in [4.69, 9.17) is 10.5 Å². The number of allylic oxidation sites excluding steroid dienone is 3. The highest BCUT2D eigenvalue weighted by Gasteiger charge is 2.55. The number of ether oxygens (including phenoxy) is 1. The second kappa shape index (κ2) is 5.72. The first kappa shape index (κ1) is 15.0. The van der Waals surface area contributed by atoms with E-state index < -0.39 is 18.1 Å². The van der Waals surface area contributed by atoms with E-state index >= 15 is 0 Å². The van der Waals surface area contributed by atoms with Gasteiger partial charge in [0.2, 0.25) is 0 Å². The first-order valence-corrected chi connectivity index (χ1v) is 8.16. The van der Waals surface area contributed by atoms with Crippen molar-refractivity contribution in [3.8, 4) is 0 Å². The van der Waals surface area contributed by atoms with Crippen molar-refractivity contribution in [2.45, 2.75) is 36.7 Å². The Morgan fingerprint density at radius 1 is 1.57 bits per heavy atom. The van der Waals surface area contributed by atoms with Gasteiger partial charge in [-0.05, 0) is 25.8 Å². The van der Waals surface area contributed by atoms with E-state index in [9.17, 15) is 8.78 Å². The highest BCUT2D eigenvalue weighted by molar-refractivity contribution is 8.14. The molecule has 2 heterocycles. The number of amidine groups is 1. The Morgan fingerprint density at radius 2 is 2.38 bits per heavy atom. The molecular formula is C15H20F2N2OS. The van der Waals surface area contributed by atoms with Crippen molar-refractivity contribution < 1.29 is 13.5 Å². The molecule has 2 N–H and O–H groups in total. The predicted molar refractivity (Wildman–Crippen MR) is 81.7 cm³/mol. The molecule has 3 rings (SSSR count). The van der Waals surface area contributed by atoms with E-state index in [0.717, 1.165) is 0 Å². The lowest BCUT2D eigenvalue weighted by atomic mass is 9.67. The largest absolute Gasteiger partial charge is 0.379 e. The van der Waals surface area contributed by atoms with Crippen molar-refractivity contribution in [2.24, 2.45) is 22.6 Å². The van der Waals surface area contributed by atoms with Crippen LogP contribution in [-0.2, 0) is 4.74 Å². The Bertz CT molecular complexity index is 508. The molecular weight excluding hydrogens is 294 g/mol. The molecule has 3 nitrogen and oxygen atoms in total. The fourth-order valence-electron chi connectivity index (χ4n) is 3.69. The molecule has 6 heteroatoms. The van der Waals surface area contributed by atoms with Gasteiger partial charge >= 0.3 is 0 Å². The van der Waals surface area contributed by atoms with Crippen LogP contribution in [0.1, 0.15) is 19.8 Å². The minimum absolute atomic E-state index is 0.0403. The number of rotatable bonds is 2. The van der Waals surface area contributed by atoms with Crippen LogP contribution in [0.4, 0.5) is 8.78 Å². The van der Waals surface area contributed by atoms with Gasteiger partial charge in [-0.1, -0.05) is 23.9 Å². The number of nitrogens with two attached hydrogens (primary N) is 1. The maximum Gasteiger partial charge on any atom is 0.154 e. The lowest BCUT2D eigenvalue weighted by Gasteiger charge is -2.51. The molecule has 1 aliphatic carbocycles. The number of nitrogens with zero attached hydrogens (tertiary/aromatic N) is 1. The van der Waals surface area contributed by atoms with Crippen LogP contribution in [0.25, 0.3) is 0 Å². The third-order valence-corrected chi connectivity index (χ3v) is 5.81. The molecule has 0 amide bonds. The molecule has 0 aromatic rings. The number of hydrogen-bond acceptors (Lipinski definition) is 4. The summed E-state index contributed by atoms with van der Waals surface area (Å²) in [7, 11) is 0. The zero-order chi connectivity index (χ0) is 15.0. The zero-order valence-electron chi connectivity index (χ0n) is 12.0. The second-order valence-electron chi connectivity index (χ2n) is 5.98. The van der Waals surface area contributed by atoms with Gasteiger partial charge in [0.1, 0.15) is 18.0 Å². The highest BCUT2D eigenvalue weighted by Crippen LogP contribution is 2.50. The van der Waals surface area contributed by atoms with Crippen LogP contribution in [0.15, 0.2) is 29.0 Å². The van der Waals surface area contributed by atoms with Gasteiger partial charge in [-0.15, -0.1) is 0 Å². The zero-order valence-corrected chi connectivity index (χ0v) is 12.8. The smallest absolute Gasteiger partial charge is 0.154 e. The number of fused-ring (bicyclic) bond motifs is 1. The molecule has 21 heavy (non-hydrogen) atoms. The fourth-order valence-corrected chi connectivity index (χ4v) is 4.80. The van der Waals surface area contributed by atoms with Gasteiger partial charge < -0.3 is 10.5 Å². The molecule has 0 saturated carbocycles. The minimum Gasteiger partial charge on any atom is -0.379 e. The second-order valence-corrected chi connectivity index (χ2v) is 7.24. The maximum absolute atomic E-state index is 14.4. The number of hydrogen-bond donors (Lipinski definition) is 1. The van der Waals surface area contributed by atoms with Crippen LogP contribution in [-0.4, -0.2) is 35.3 Å². The number of halogens is 2. The molecule has 0 spiro atoms. The lowest BCUT2D eigenvalue weighted by molar-refractivity contribution is -0.0702. The van der Waals surface area contributed by atoms with Crippen molar-refractivity contribution >= 4 is 16.9 Å². The van der Waals surface area contributed by atoms with Crippen LogP contribution in [0, 0.1) is 11.8 Å². The van der Waals surface area contributed by atoms with Crippen LogP contribution in [0.2, 0.25) is 0 Å². The average molecular weight is 314 g/mol. The van der Waals surface area contributed by atoms with E-state index in [0.29, 0.717) is 24.6 Å². The molecule has 5 atom stereocenters. The summed E-state index contributed by atoms with van der Waals surface area (Å²) in [6, 6.07) is 0. The Hall–Kier alpha value is -0.880. The first-order valence-electron chi connectivity index (χ1n) is 7.28. The van der Waals surface area contributed by atoms with Crippen molar-refractivity contribution in [3.63, 3.8) is 0 Å². The quantitative estimate of drug-likeness (QED) is 0.852. The number of alkyl halides is 1. The van der Waals surface area contributed by atoms with E-state index in [1.807, 2.05) is 13.0 Å². The molecule has 0 aromatic carbocycles. The van der Waals surface area contributed by atoms with Crippen molar-refractivity contribution in [3.05, 3.63) is 24.1 Å². The molecule has 3 aliphatic rings. The predicted octanol–water partition coefficient (Wildman–Crippen LogP) is 2.98. The third kappa shape index (κ3) is 2.52. The maximum atomic E-state index is 14.4. The lowest BCUT2D eigenvalue weighted by Crippen LogP contribution is -2.59. The summed E-state index contributed by atoms with van der Waals surface area (Å²) in [5, 5.41) is 0.0713. The van der Waals surface area contributed by atoms with E-state index in [1.165, 1.54) is 17.8 Å². The molecule has 1 fully saturated rings. The van der Waals surface area contributed by atoms with Gasteiger partial charge in [-0.3, -0.25) is 4.99 Å². The van der Waals surface area contributed by atoms with E-state index in [2.05, 4.69) is 4.99 Å². The highest BCUT2D eigenvalue weighted by atomic mass is 32.2. The standard InChI is InChI=1S/C15H20F2N2OS/c1-9-6-11-13(7-16)21-14(18)19-15(11,8-20-9)10-4-2-3-5-12(10)17/h2-3,5,9-11,13H,4,6-8H2,1H3,(H2,18,19)/t9-,10?,11-,13+,15+/m0/s1. The van der Waals surface area contributed by atoms with Crippen LogP contribution in [0.5, 0.6) is 0 Å². The SMILES string of the molecule is C[C@H]1C[C@H]2[C@@H](CF)SC(N)=N[C@@]2(C2CC=CC=C2F)CO1. The molecule has 0 radical (unpaired) electrons. The van der Waals surface area contributed by atoms with Crippen molar-refractivity contribution in [2.75, 3.05) is 13.3 Å². The summed E-state index contributed by atoms with van der Waals surface area (Å²) in [6.45, 7) is 1.79. The average Bonchev–Trinajstić information content (AvgIpc) is 2.47. The molecule has 0 aromatic heterocycles. The molecule has 116 valence electrons. The van der Waals surface area contributed by atoms with Gasteiger partial charge in [-0.2, -0.15) is 0 Å². The van der Waals surface area contributed by atoms with Crippen LogP contribution in [0.3, 0.4) is 0 Å². The van der Waals surface area contributed by atoms with Gasteiger partial charge in [-0.25, -0.2) is 8.78 Å². The molecule has 2 aliphatic heterocycles. The molecule has 1 saturated heterocycles. The summed E-state index contributed by atoms with van der Waals surface area (Å²) in [5.74, 6) is -0.672. The van der Waals surface area contributed by atoms with E-state index in [-0.39, 0.29) is 23.1 Å². The van der Waals surface area contributed by atoms with Gasteiger partial charge in [0.25, 0.3) is 0 Å². The fraction of sp³-hybridized carbons (Fsp3) is 0.667. The number of thioether (sulfide) groups is 1. The first-order chi connectivity index (χ1) is 10.1. The summed E-state index contributed by atoms with van der Waals surface area (Å²) >= 11 is 1.28. The van der Waals surface area contributed by atoms with Gasteiger partial charge in [0, 0.05) is 17.1 Å². The van der Waals surface area contributed by atoms with Crippen LogP contribution >= 0.6 is 11.8 Å². The topological polar surface area (TPSA) is 47.6 Å². The summed E-state index contributed by atoms with van der Waals surface area (Å²) in [4.78, 5) is 4.59. The number of aliphatic imine (C=N–C) groups is 1. The minimum atomic E-state index is -0.774. The molecule has 0 bridgehead atoms. The summed E-state index contributed by atoms with van der Waals surface area (Å²) < 4.78 is 33.7. The Labute approximate surface area is 127 Å². The van der Waals surface area contributed by atoms with Crippen molar-refractivity contribution in [1.82, 2.24) is 0 Å².